The summed E-state index contributed by atoms with van der Waals surface area (Å²) in [5.74, 6) is -0.793. The molecule has 26 heavy (non-hydrogen) atoms. The Morgan fingerprint density at radius 1 is 1.19 bits per heavy atom. The molecule has 3 rings (SSSR count). The molecule has 7 heteroatoms. The van der Waals surface area contributed by atoms with Gasteiger partial charge in [0.05, 0.1) is 17.9 Å². The maximum atomic E-state index is 12.4. The van der Waals surface area contributed by atoms with Crippen LogP contribution in [0.15, 0.2) is 18.2 Å². The van der Waals surface area contributed by atoms with Gasteiger partial charge in [0.25, 0.3) is 0 Å². The van der Waals surface area contributed by atoms with Crippen LogP contribution in [0.4, 0.5) is 0 Å². The lowest BCUT2D eigenvalue weighted by molar-refractivity contribution is -0.140. The van der Waals surface area contributed by atoms with Crippen LogP contribution in [0.25, 0.3) is 0 Å². The van der Waals surface area contributed by atoms with Crippen LogP contribution < -0.4 is 5.32 Å². The number of halogens is 2. The van der Waals surface area contributed by atoms with Crippen LogP contribution in [0.3, 0.4) is 0 Å². The van der Waals surface area contributed by atoms with E-state index in [4.69, 9.17) is 23.2 Å². The molecule has 2 aliphatic rings. The number of carbonyl (C=O) groups is 3. The fraction of sp³-hybridized carbons (Fsp3) is 0.526. The normalized spacial score (nSPS) is 23.7. The number of likely N-dealkylation sites (tertiary alicyclic amines) is 1. The van der Waals surface area contributed by atoms with Gasteiger partial charge in [-0.1, -0.05) is 42.1 Å². The van der Waals surface area contributed by atoms with E-state index in [0.717, 1.165) is 31.2 Å². The number of hydrogen-bond donors (Lipinski definition) is 1. The first-order valence-corrected chi connectivity index (χ1v) is 9.73. The van der Waals surface area contributed by atoms with Crippen LogP contribution in [0.1, 0.15) is 50.6 Å². The van der Waals surface area contributed by atoms with Gasteiger partial charge in [-0.15, -0.1) is 0 Å². The molecule has 3 atom stereocenters. The van der Waals surface area contributed by atoms with Crippen LogP contribution in [0.2, 0.25) is 10.0 Å². The Hall–Kier alpha value is -1.59. The number of fused-ring (bicyclic) bond motifs is 1. The summed E-state index contributed by atoms with van der Waals surface area (Å²) in [5, 5.41) is 3.87. The molecule has 2 fully saturated rings. The van der Waals surface area contributed by atoms with Crippen molar-refractivity contribution in [2.45, 2.75) is 45.1 Å². The molecule has 3 unspecified atom stereocenters. The lowest BCUT2D eigenvalue weighted by Gasteiger charge is -2.19. The largest absolute Gasteiger partial charge is 0.349 e. The lowest BCUT2D eigenvalue weighted by atomic mass is 9.81. The van der Waals surface area contributed by atoms with Gasteiger partial charge in [0.1, 0.15) is 0 Å². The van der Waals surface area contributed by atoms with E-state index >= 15 is 0 Å². The van der Waals surface area contributed by atoms with E-state index in [1.165, 1.54) is 4.90 Å². The van der Waals surface area contributed by atoms with Crippen molar-refractivity contribution in [3.8, 4) is 0 Å². The maximum absolute atomic E-state index is 12.4. The number of carbonyl (C=O) groups excluding carboxylic acids is 3. The molecule has 1 saturated carbocycles. The van der Waals surface area contributed by atoms with Gasteiger partial charge in [-0.05, 0) is 37.5 Å². The molecule has 1 aromatic carbocycles. The second-order valence-corrected chi connectivity index (χ2v) is 7.87. The van der Waals surface area contributed by atoms with E-state index in [2.05, 4.69) is 5.32 Å². The van der Waals surface area contributed by atoms with Gasteiger partial charge in [-0.2, -0.15) is 0 Å². The fourth-order valence-corrected chi connectivity index (χ4v) is 4.48. The van der Waals surface area contributed by atoms with Gasteiger partial charge in [-0.25, -0.2) is 0 Å². The Bertz CT molecular complexity index is 713. The molecular weight excluding hydrogens is 375 g/mol. The van der Waals surface area contributed by atoms with Crippen LogP contribution in [0.5, 0.6) is 0 Å². The van der Waals surface area contributed by atoms with E-state index in [9.17, 15) is 14.4 Å². The summed E-state index contributed by atoms with van der Waals surface area (Å²) in [4.78, 5) is 38.4. The number of benzene rings is 1. The smallest absolute Gasteiger partial charge is 0.233 e. The number of amides is 3. The number of hydrogen-bond acceptors (Lipinski definition) is 3. The predicted molar refractivity (Wildman–Crippen MR) is 99.8 cm³/mol. The Morgan fingerprint density at radius 3 is 2.38 bits per heavy atom. The summed E-state index contributed by atoms with van der Waals surface area (Å²) in [6.45, 7) is 1.96. The number of nitrogens with zero attached hydrogens (tertiary/aromatic N) is 1. The van der Waals surface area contributed by atoms with Crippen molar-refractivity contribution in [1.82, 2.24) is 10.2 Å². The highest BCUT2D eigenvalue weighted by Gasteiger charge is 2.47. The zero-order chi connectivity index (χ0) is 18.8. The number of imide groups is 1. The van der Waals surface area contributed by atoms with E-state index in [0.29, 0.717) is 10.0 Å². The minimum Gasteiger partial charge on any atom is -0.349 e. The quantitative estimate of drug-likeness (QED) is 0.770. The van der Waals surface area contributed by atoms with Gasteiger partial charge in [-0.3, -0.25) is 19.3 Å². The van der Waals surface area contributed by atoms with Gasteiger partial charge in [0.15, 0.2) is 0 Å². The Labute approximate surface area is 163 Å². The van der Waals surface area contributed by atoms with Crippen LogP contribution in [-0.4, -0.2) is 29.2 Å². The molecule has 1 N–H and O–H groups in total. The first-order chi connectivity index (χ1) is 12.4. The third-order valence-electron chi connectivity index (χ3n) is 5.30. The molecule has 1 aliphatic carbocycles. The van der Waals surface area contributed by atoms with Crippen molar-refractivity contribution in [1.29, 1.82) is 0 Å². The zero-order valence-corrected chi connectivity index (χ0v) is 16.1. The monoisotopic (exact) mass is 396 g/mol. The van der Waals surface area contributed by atoms with Crippen molar-refractivity contribution in [3.63, 3.8) is 0 Å². The topological polar surface area (TPSA) is 66.5 Å². The molecule has 1 saturated heterocycles. The first-order valence-electron chi connectivity index (χ1n) is 8.98. The second kappa shape index (κ2) is 7.97. The summed E-state index contributed by atoms with van der Waals surface area (Å²) < 4.78 is 0. The first kappa shape index (κ1) is 19.2. The molecule has 0 spiro atoms. The van der Waals surface area contributed by atoms with E-state index in [1.54, 1.807) is 18.2 Å². The van der Waals surface area contributed by atoms with Crippen molar-refractivity contribution < 1.29 is 14.4 Å². The SMILES string of the molecule is CC(NC(=O)CCN1C(=O)C2CCCCC2C1=O)c1ccc(Cl)cc1Cl. The van der Waals surface area contributed by atoms with Gasteiger partial charge in [0, 0.05) is 23.0 Å². The Morgan fingerprint density at radius 2 is 1.81 bits per heavy atom. The molecule has 1 aromatic rings. The highest BCUT2D eigenvalue weighted by atomic mass is 35.5. The molecular formula is C19H22Cl2N2O3. The summed E-state index contributed by atoms with van der Waals surface area (Å²) in [5.41, 5.74) is 0.767. The predicted octanol–water partition coefficient (Wildman–Crippen LogP) is 3.74. The third-order valence-corrected chi connectivity index (χ3v) is 5.86. The molecule has 3 amide bonds. The van der Waals surface area contributed by atoms with Crippen molar-refractivity contribution >= 4 is 40.9 Å². The van der Waals surface area contributed by atoms with Gasteiger partial charge < -0.3 is 5.32 Å². The molecule has 140 valence electrons. The van der Waals surface area contributed by atoms with E-state index in [1.807, 2.05) is 6.92 Å². The number of nitrogens with one attached hydrogen (secondary N) is 1. The van der Waals surface area contributed by atoms with Crippen molar-refractivity contribution in [2.75, 3.05) is 6.54 Å². The summed E-state index contributed by atoms with van der Waals surface area (Å²) in [6.07, 6.45) is 3.64. The molecule has 1 aliphatic heterocycles. The minimum atomic E-state index is -0.292. The standard InChI is InChI=1S/C19H22Cl2N2O3/c1-11(13-7-6-12(20)10-16(13)21)22-17(24)8-9-23-18(25)14-4-2-3-5-15(14)19(23)26/h6-7,10-11,14-15H,2-5,8-9H2,1H3,(H,22,24). The molecule has 0 bridgehead atoms. The molecule has 1 heterocycles. The zero-order valence-electron chi connectivity index (χ0n) is 14.6. The average molecular weight is 397 g/mol. The van der Waals surface area contributed by atoms with Crippen molar-refractivity contribution in [3.05, 3.63) is 33.8 Å². The van der Waals surface area contributed by atoms with E-state index < -0.39 is 0 Å². The summed E-state index contributed by atoms with van der Waals surface area (Å²) >= 11 is 12.1. The van der Waals surface area contributed by atoms with E-state index in [-0.39, 0.29) is 48.6 Å². The number of rotatable bonds is 5. The van der Waals surface area contributed by atoms with Crippen molar-refractivity contribution in [2.24, 2.45) is 11.8 Å². The fourth-order valence-electron chi connectivity index (χ4n) is 3.91. The summed E-state index contributed by atoms with van der Waals surface area (Å²) in [6, 6.07) is 4.83. The molecule has 0 aromatic heterocycles. The molecule has 0 radical (unpaired) electrons. The Kier molecular flexibility index (Phi) is 5.88. The van der Waals surface area contributed by atoms with Gasteiger partial charge in [0.2, 0.25) is 17.7 Å². The third kappa shape index (κ3) is 3.89. The van der Waals surface area contributed by atoms with Crippen LogP contribution >= 0.6 is 23.2 Å². The van der Waals surface area contributed by atoms with Gasteiger partial charge >= 0.3 is 0 Å². The lowest BCUT2D eigenvalue weighted by Crippen LogP contribution is -2.36. The molecule has 5 nitrogen and oxygen atoms in total. The highest BCUT2D eigenvalue weighted by molar-refractivity contribution is 6.35. The maximum Gasteiger partial charge on any atom is 0.233 e. The summed E-state index contributed by atoms with van der Waals surface area (Å²) in [7, 11) is 0. The Balaban J connectivity index is 1.55. The minimum absolute atomic E-state index is 0.0898. The average Bonchev–Trinajstić information content (AvgIpc) is 2.84. The second-order valence-electron chi connectivity index (χ2n) is 7.03. The van der Waals surface area contributed by atoms with Crippen LogP contribution in [0, 0.1) is 11.8 Å². The highest BCUT2D eigenvalue weighted by Crippen LogP contribution is 2.38. The van der Waals surface area contributed by atoms with Crippen LogP contribution in [-0.2, 0) is 14.4 Å².